The first-order chi connectivity index (χ1) is 9.86. The van der Waals surface area contributed by atoms with Crippen LogP contribution in [-0.4, -0.2) is 34.4 Å². The number of unbranched alkanes of at least 4 members (excludes halogenated alkanes) is 1. The van der Waals surface area contributed by atoms with E-state index in [0.717, 1.165) is 6.42 Å². The maximum Gasteiger partial charge on any atom is 0.339 e. The summed E-state index contributed by atoms with van der Waals surface area (Å²) in [4.78, 5) is 23.2. The summed E-state index contributed by atoms with van der Waals surface area (Å²) in [6.07, 6.45) is 1.72. The van der Waals surface area contributed by atoms with Crippen molar-refractivity contribution in [3.8, 4) is 0 Å². The third kappa shape index (κ3) is 5.25. The van der Waals surface area contributed by atoms with Gasteiger partial charge in [-0.1, -0.05) is 26.7 Å². The molecule has 0 bridgehead atoms. The average molecular weight is 298 g/mol. The number of hydrogen-bond acceptors (Lipinski definition) is 5. The molecular formula is C16H26O5. The van der Waals surface area contributed by atoms with Gasteiger partial charge in [-0.2, -0.15) is 0 Å². The fraction of sp³-hybridized carbons (Fsp3) is 0.750. The van der Waals surface area contributed by atoms with Gasteiger partial charge in [0.15, 0.2) is 0 Å². The molecule has 5 heteroatoms. The van der Waals surface area contributed by atoms with Crippen LogP contribution in [0.5, 0.6) is 0 Å². The first kappa shape index (κ1) is 17.9. The third-order valence-electron chi connectivity index (χ3n) is 4.02. The van der Waals surface area contributed by atoms with Gasteiger partial charge < -0.3 is 14.9 Å². The van der Waals surface area contributed by atoms with Crippen molar-refractivity contribution in [2.75, 3.05) is 0 Å². The fourth-order valence-electron chi connectivity index (χ4n) is 2.39. The molecule has 1 aliphatic rings. The Morgan fingerprint density at radius 2 is 2.05 bits per heavy atom. The molecule has 0 saturated heterocycles. The van der Waals surface area contributed by atoms with Crippen LogP contribution in [0, 0.1) is 5.92 Å². The quantitative estimate of drug-likeness (QED) is 0.503. The molecule has 0 aromatic carbocycles. The lowest BCUT2D eigenvalue weighted by Gasteiger charge is -2.11. The van der Waals surface area contributed by atoms with Gasteiger partial charge >= 0.3 is 5.97 Å². The molecule has 5 nitrogen and oxygen atoms in total. The first-order valence-electron chi connectivity index (χ1n) is 7.66. The monoisotopic (exact) mass is 298 g/mol. The molecule has 1 aliphatic heterocycles. The van der Waals surface area contributed by atoms with E-state index in [4.69, 9.17) is 0 Å². The minimum absolute atomic E-state index is 0.161. The lowest BCUT2D eigenvalue weighted by atomic mass is 9.97. The molecule has 0 spiro atoms. The number of carbonyl (C=O) groups is 2. The summed E-state index contributed by atoms with van der Waals surface area (Å²) in [5, 5.41) is 19.4. The van der Waals surface area contributed by atoms with Crippen LogP contribution in [0.1, 0.15) is 59.3 Å². The van der Waals surface area contributed by atoms with E-state index in [1.165, 1.54) is 0 Å². The van der Waals surface area contributed by atoms with E-state index in [2.05, 4.69) is 18.6 Å². The summed E-state index contributed by atoms with van der Waals surface area (Å²) in [6.45, 7) is 5.71. The molecule has 0 saturated carbocycles. The highest BCUT2D eigenvalue weighted by molar-refractivity contribution is 5.93. The Hall–Kier alpha value is -1.20. The minimum Gasteiger partial charge on any atom is -0.428 e. The van der Waals surface area contributed by atoms with E-state index < -0.39 is 18.4 Å². The van der Waals surface area contributed by atoms with Gasteiger partial charge in [0.25, 0.3) is 0 Å². The maximum atomic E-state index is 11.7. The van der Waals surface area contributed by atoms with Crippen molar-refractivity contribution in [1.82, 2.24) is 0 Å². The molecule has 0 aliphatic carbocycles. The van der Waals surface area contributed by atoms with Gasteiger partial charge in [-0.3, -0.25) is 4.79 Å². The smallest absolute Gasteiger partial charge is 0.339 e. The zero-order valence-corrected chi connectivity index (χ0v) is 13.1. The van der Waals surface area contributed by atoms with Gasteiger partial charge in [-0.15, -0.1) is 0 Å². The van der Waals surface area contributed by atoms with Crippen LogP contribution >= 0.6 is 0 Å². The van der Waals surface area contributed by atoms with Crippen molar-refractivity contribution in [2.24, 2.45) is 5.92 Å². The molecule has 21 heavy (non-hydrogen) atoms. The van der Waals surface area contributed by atoms with E-state index in [0.29, 0.717) is 43.6 Å². The van der Waals surface area contributed by atoms with Gasteiger partial charge in [0, 0.05) is 18.4 Å². The summed E-state index contributed by atoms with van der Waals surface area (Å²) < 4.78 is 4.64. The van der Waals surface area contributed by atoms with E-state index in [-0.39, 0.29) is 11.4 Å². The normalized spacial score (nSPS) is 21.4. The van der Waals surface area contributed by atoms with Gasteiger partial charge in [-0.05, 0) is 25.7 Å². The summed E-state index contributed by atoms with van der Waals surface area (Å²) >= 11 is 0. The molecule has 3 atom stereocenters. The molecule has 0 radical (unpaired) electrons. The SMILES string of the molecule is CCC(C)CC(=O)CCCCC(O)C1=C(C)C(O)OC1=O. The van der Waals surface area contributed by atoms with Crippen molar-refractivity contribution in [3.05, 3.63) is 11.1 Å². The molecule has 0 amide bonds. The maximum absolute atomic E-state index is 11.7. The molecule has 120 valence electrons. The molecule has 1 rings (SSSR count). The van der Waals surface area contributed by atoms with Crippen molar-refractivity contribution >= 4 is 11.8 Å². The number of esters is 1. The number of aliphatic hydroxyl groups excluding tert-OH is 2. The van der Waals surface area contributed by atoms with E-state index in [9.17, 15) is 19.8 Å². The second-order valence-corrected chi connectivity index (χ2v) is 5.87. The second-order valence-electron chi connectivity index (χ2n) is 5.87. The highest BCUT2D eigenvalue weighted by atomic mass is 16.6. The van der Waals surface area contributed by atoms with E-state index in [1.54, 1.807) is 6.92 Å². The first-order valence-corrected chi connectivity index (χ1v) is 7.66. The highest BCUT2D eigenvalue weighted by Gasteiger charge is 2.33. The molecule has 0 aromatic heterocycles. The highest BCUT2D eigenvalue weighted by Crippen LogP contribution is 2.25. The number of cyclic esters (lactones) is 1. The Morgan fingerprint density at radius 1 is 1.38 bits per heavy atom. The molecule has 1 heterocycles. The lowest BCUT2D eigenvalue weighted by Crippen LogP contribution is -2.16. The Balaban J connectivity index is 2.30. The molecule has 3 unspecified atom stereocenters. The van der Waals surface area contributed by atoms with Crippen LogP contribution in [0.25, 0.3) is 0 Å². The van der Waals surface area contributed by atoms with Crippen LogP contribution in [0.3, 0.4) is 0 Å². The Kier molecular flexibility index (Phi) is 7.05. The zero-order chi connectivity index (χ0) is 16.0. The number of aliphatic hydroxyl groups is 2. The van der Waals surface area contributed by atoms with Gasteiger partial charge in [0.1, 0.15) is 5.78 Å². The van der Waals surface area contributed by atoms with Crippen molar-refractivity contribution in [1.29, 1.82) is 0 Å². The molecule has 0 fully saturated rings. The summed E-state index contributed by atoms with van der Waals surface area (Å²) in [6, 6.07) is 0. The standard InChI is InChI=1S/C16H26O5/c1-4-10(2)9-12(17)7-5-6-8-13(18)14-11(3)15(19)21-16(14)20/h10,13,15,18-19H,4-9H2,1-3H3. The number of ether oxygens (including phenoxy) is 1. The Bertz CT molecular complexity index is 413. The number of hydrogen-bond donors (Lipinski definition) is 2. The van der Waals surface area contributed by atoms with Crippen LogP contribution in [0.2, 0.25) is 0 Å². The Morgan fingerprint density at radius 3 is 2.57 bits per heavy atom. The third-order valence-corrected chi connectivity index (χ3v) is 4.02. The number of carbonyl (C=O) groups excluding carboxylic acids is 2. The number of ketones is 1. The fourth-order valence-corrected chi connectivity index (χ4v) is 2.39. The topological polar surface area (TPSA) is 83.8 Å². The summed E-state index contributed by atoms with van der Waals surface area (Å²) in [5.74, 6) is 0.0240. The molecule has 0 aromatic rings. The summed E-state index contributed by atoms with van der Waals surface area (Å²) in [7, 11) is 0. The predicted octanol–water partition coefficient (Wildman–Crippen LogP) is 2.10. The molecule has 2 N–H and O–H groups in total. The van der Waals surface area contributed by atoms with Crippen molar-refractivity contribution in [3.63, 3.8) is 0 Å². The van der Waals surface area contributed by atoms with E-state index in [1.807, 2.05) is 0 Å². The van der Waals surface area contributed by atoms with Crippen molar-refractivity contribution < 1.29 is 24.5 Å². The van der Waals surface area contributed by atoms with Gasteiger partial charge in [0.2, 0.25) is 6.29 Å². The largest absolute Gasteiger partial charge is 0.428 e. The van der Waals surface area contributed by atoms with Crippen LogP contribution in [-0.2, 0) is 14.3 Å². The van der Waals surface area contributed by atoms with Gasteiger partial charge in [0.05, 0.1) is 11.7 Å². The van der Waals surface area contributed by atoms with Crippen molar-refractivity contribution in [2.45, 2.75) is 71.7 Å². The number of rotatable bonds is 9. The molecular weight excluding hydrogens is 272 g/mol. The van der Waals surface area contributed by atoms with Crippen LogP contribution < -0.4 is 0 Å². The second kappa shape index (κ2) is 8.29. The summed E-state index contributed by atoms with van der Waals surface area (Å²) in [5.41, 5.74) is 0.536. The van der Waals surface area contributed by atoms with Crippen LogP contribution in [0.4, 0.5) is 0 Å². The Labute approximate surface area is 126 Å². The predicted molar refractivity (Wildman–Crippen MR) is 78.4 cm³/mol. The minimum atomic E-state index is -1.24. The van der Waals surface area contributed by atoms with E-state index >= 15 is 0 Å². The average Bonchev–Trinajstić information content (AvgIpc) is 2.68. The van der Waals surface area contributed by atoms with Crippen LogP contribution in [0.15, 0.2) is 11.1 Å². The van der Waals surface area contributed by atoms with Gasteiger partial charge in [-0.25, -0.2) is 4.79 Å². The number of Topliss-reactive ketones (excluding diaryl/α,β-unsaturated/α-hetero) is 1. The zero-order valence-electron chi connectivity index (χ0n) is 13.1. The lowest BCUT2D eigenvalue weighted by molar-refractivity contribution is -0.152.